The Labute approximate surface area is 341 Å². The summed E-state index contributed by atoms with van der Waals surface area (Å²) < 4.78 is 45.0. The molecule has 15 heteroatoms. The molecule has 4 aliphatic heterocycles. The third kappa shape index (κ3) is 10.6. The van der Waals surface area contributed by atoms with E-state index < -0.39 is 101 Å². The van der Waals surface area contributed by atoms with Gasteiger partial charge in [-0.1, -0.05) is 20.8 Å². The summed E-state index contributed by atoms with van der Waals surface area (Å²) in [6, 6.07) is -0.155. The lowest BCUT2D eigenvalue weighted by Crippen LogP contribution is -2.60. The maximum Gasteiger partial charge on any atom is 0.311 e. The number of esters is 1. The van der Waals surface area contributed by atoms with Crippen LogP contribution in [0.15, 0.2) is 4.99 Å². The molecule has 0 amide bonds. The quantitative estimate of drug-likeness (QED) is 0.286. The number of carbonyl (C=O) groups excluding carboxylic acids is 1. The standard InChI is InChI=1S/C42H77N3O12/c1-17-29-42(13,50)33(46)26(6)44(14)21-22(2)19-40(11,49)35(57-37-32-28(18-23(3)52-37)45(15)38(56-32)43-39(8,9)10)24(4)31(25(5)36(48)54-29)55-30-20-41(12,51-16)34(47)27(7)53-30/h22-35,37,46-47,49-50H,17-21H2,1-16H3/t22-,23-,24+,25-,26-,27+,28+,29-,30+,31+,32-,33-,34+,35-,37-,40-,41-,42-/m1/s1. The summed E-state index contributed by atoms with van der Waals surface area (Å²) in [6.07, 6.45) is -7.28. The largest absolute Gasteiger partial charge is 0.459 e. The lowest BCUT2D eigenvalue weighted by atomic mass is 9.77. The van der Waals surface area contributed by atoms with Crippen molar-refractivity contribution in [3.63, 3.8) is 0 Å². The van der Waals surface area contributed by atoms with Gasteiger partial charge in [-0.15, -0.1) is 0 Å². The van der Waals surface area contributed by atoms with Gasteiger partial charge in [0.05, 0.1) is 53.1 Å². The number of hydrogen-bond acceptors (Lipinski definition) is 14. The Hall–Kier alpha value is -1.66. The van der Waals surface area contributed by atoms with Gasteiger partial charge >= 0.3 is 5.97 Å². The van der Waals surface area contributed by atoms with Crippen molar-refractivity contribution >= 4 is 12.0 Å². The summed E-state index contributed by atoms with van der Waals surface area (Å²) in [6.45, 7) is 24.4. The van der Waals surface area contributed by atoms with Crippen LogP contribution >= 0.6 is 0 Å². The molecule has 0 radical (unpaired) electrons. The first-order valence-corrected chi connectivity index (χ1v) is 21.0. The van der Waals surface area contributed by atoms with Crippen LogP contribution in [0.5, 0.6) is 0 Å². The van der Waals surface area contributed by atoms with Crippen LogP contribution in [0.1, 0.15) is 116 Å². The summed E-state index contributed by atoms with van der Waals surface area (Å²) in [5.41, 5.74) is -4.75. The van der Waals surface area contributed by atoms with Crippen molar-refractivity contribution in [2.75, 3.05) is 27.7 Å². The van der Waals surface area contributed by atoms with Crippen molar-refractivity contribution in [2.24, 2.45) is 22.7 Å². The van der Waals surface area contributed by atoms with Crippen LogP contribution in [0.3, 0.4) is 0 Å². The number of aliphatic hydroxyl groups excluding tert-OH is 2. The topological polar surface area (TPSA) is 181 Å². The number of hydrogen-bond donors (Lipinski definition) is 4. The predicted octanol–water partition coefficient (Wildman–Crippen LogP) is 3.46. The van der Waals surface area contributed by atoms with Crippen molar-refractivity contribution < 1.29 is 58.4 Å². The minimum atomic E-state index is -1.80. The smallest absolute Gasteiger partial charge is 0.311 e. The number of ether oxygens (including phenoxy) is 7. The van der Waals surface area contributed by atoms with Crippen LogP contribution in [0, 0.1) is 17.8 Å². The van der Waals surface area contributed by atoms with Crippen molar-refractivity contribution in [2.45, 2.75) is 212 Å². The summed E-state index contributed by atoms with van der Waals surface area (Å²) in [4.78, 5) is 23.2. The SMILES string of the molecule is CC[C@H]1OC(=O)[C@H](C)[C@@H](O[C@H]2C[C@@](C)(OC)[C@@H](O)[C@H](C)O2)[C@H](C)[C@@H](O[C@H]2O[C@H](C)C[C@H]3[C@H]2OC(=NC(C)(C)C)N3C)[C@](C)(O)C[C@@H](C)CN(C)[C@H](C)[C@@H](O)[C@]1(C)O. The Kier molecular flexibility index (Phi) is 15.3. The van der Waals surface area contributed by atoms with Crippen LogP contribution in [-0.4, -0.2) is 166 Å². The van der Waals surface area contributed by atoms with Crippen LogP contribution in [-0.2, 0) is 38.0 Å². The Bertz CT molecular complexity index is 1380. The second kappa shape index (κ2) is 18.1. The zero-order valence-corrected chi connectivity index (χ0v) is 37.6. The van der Waals surface area contributed by atoms with Crippen LogP contribution in [0.2, 0.25) is 0 Å². The van der Waals surface area contributed by atoms with E-state index in [9.17, 15) is 25.2 Å². The molecule has 4 heterocycles. The van der Waals surface area contributed by atoms with Gasteiger partial charge in [0.1, 0.15) is 23.9 Å². The molecular formula is C42H77N3O12. The Morgan fingerprint density at radius 2 is 1.56 bits per heavy atom. The fourth-order valence-corrected chi connectivity index (χ4v) is 9.46. The lowest BCUT2D eigenvalue weighted by molar-refractivity contribution is -0.313. The minimum Gasteiger partial charge on any atom is -0.459 e. The van der Waals surface area contributed by atoms with Crippen molar-refractivity contribution in [1.82, 2.24) is 9.80 Å². The number of aliphatic imine (C=N–C) groups is 1. The van der Waals surface area contributed by atoms with Gasteiger partial charge in [0.25, 0.3) is 6.02 Å². The zero-order valence-electron chi connectivity index (χ0n) is 37.6. The van der Waals surface area contributed by atoms with Crippen LogP contribution in [0.25, 0.3) is 0 Å². The molecule has 57 heavy (non-hydrogen) atoms. The third-order valence-electron chi connectivity index (χ3n) is 13.0. The fourth-order valence-electron chi connectivity index (χ4n) is 9.46. The molecule has 0 bridgehead atoms. The molecule has 0 unspecified atom stereocenters. The van der Waals surface area contributed by atoms with E-state index in [-0.39, 0.29) is 37.3 Å². The molecule has 15 nitrogen and oxygen atoms in total. The summed E-state index contributed by atoms with van der Waals surface area (Å²) in [5.74, 6) is -2.51. The molecule has 332 valence electrons. The van der Waals surface area contributed by atoms with E-state index in [1.54, 1.807) is 34.6 Å². The first kappa shape index (κ1) is 48.0. The average Bonchev–Trinajstić information content (AvgIpc) is 3.41. The molecule has 0 aromatic rings. The maximum absolute atomic E-state index is 14.4. The van der Waals surface area contributed by atoms with Gasteiger partial charge < -0.3 is 63.4 Å². The molecule has 0 spiro atoms. The van der Waals surface area contributed by atoms with Crippen LogP contribution < -0.4 is 0 Å². The molecule has 0 aromatic heterocycles. The molecule has 4 aliphatic rings. The molecule has 4 saturated heterocycles. The second-order valence-electron chi connectivity index (χ2n) is 19.5. The highest BCUT2D eigenvalue weighted by Gasteiger charge is 2.55. The Morgan fingerprint density at radius 3 is 2.14 bits per heavy atom. The van der Waals surface area contributed by atoms with E-state index in [0.717, 1.165) is 0 Å². The number of aliphatic hydroxyl groups is 4. The molecule has 0 aromatic carbocycles. The van der Waals surface area contributed by atoms with Gasteiger partial charge in [0.2, 0.25) is 0 Å². The molecule has 18 atom stereocenters. The molecule has 4 fully saturated rings. The van der Waals surface area contributed by atoms with Gasteiger partial charge in [0.15, 0.2) is 18.7 Å². The number of rotatable bonds is 6. The number of fused-ring (bicyclic) bond motifs is 1. The maximum atomic E-state index is 14.4. The van der Waals surface area contributed by atoms with Crippen molar-refractivity contribution in [1.29, 1.82) is 0 Å². The summed E-state index contributed by atoms with van der Waals surface area (Å²) >= 11 is 0. The van der Waals surface area contributed by atoms with Gasteiger partial charge in [-0.05, 0) is 101 Å². The van der Waals surface area contributed by atoms with Crippen molar-refractivity contribution in [3.8, 4) is 0 Å². The highest BCUT2D eigenvalue weighted by Crippen LogP contribution is 2.41. The Morgan fingerprint density at radius 1 is 0.930 bits per heavy atom. The molecule has 0 saturated carbocycles. The lowest BCUT2D eigenvalue weighted by Gasteiger charge is -2.48. The number of likely N-dealkylation sites (N-methyl/N-ethyl adjacent to an activating group) is 2. The van der Waals surface area contributed by atoms with Gasteiger partial charge in [-0.25, -0.2) is 4.99 Å². The molecule has 4 N–H and O–H groups in total. The Balaban J connectivity index is 1.84. The normalized spacial score (nSPS) is 48.1. The number of carbonyl (C=O) groups is 1. The van der Waals surface area contributed by atoms with Gasteiger partial charge in [-0.2, -0.15) is 0 Å². The highest BCUT2D eigenvalue weighted by atomic mass is 16.7. The first-order valence-electron chi connectivity index (χ1n) is 21.0. The van der Waals surface area contributed by atoms with E-state index in [1.807, 2.05) is 72.4 Å². The third-order valence-corrected chi connectivity index (χ3v) is 13.0. The van der Waals surface area contributed by atoms with E-state index >= 15 is 0 Å². The molecule has 0 aliphatic carbocycles. The van der Waals surface area contributed by atoms with E-state index in [4.69, 9.17) is 38.2 Å². The fraction of sp³-hybridized carbons (Fsp3) is 0.952. The average molecular weight is 816 g/mol. The van der Waals surface area contributed by atoms with E-state index in [1.165, 1.54) is 14.0 Å². The number of amidine groups is 1. The molecular weight excluding hydrogens is 738 g/mol. The summed E-state index contributed by atoms with van der Waals surface area (Å²) in [7, 11) is 5.34. The van der Waals surface area contributed by atoms with E-state index in [0.29, 0.717) is 19.0 Å². The minimum absolute atomic E-state index is 0.113. The number of cyclic esters (lactones) is 1. The summed E-state index contributed by atoms with van der Waals surface area (Å²) in [5, 5.41) is 47.1. The first-order chi connectivity index (χ1) is 26.2. The van der Waals surface area contributed by atoms with Gasteiger partial charge in [0, 0.05) is 39.1 Å². The zero-order chi connectivity index (χ0) is 43.2. The van der Waals surface area contributed by atoms with Crippen molar-refractivity contribution in [3.05, 3.63) is 0 Å². The highest BCUT2D eigenvalue weighted by molar-refractivity contribution is 5.77. The second-order valence-corrected chi connectivity index (χ2v) is 19.5. The van der Waals surface area contributed by atoms with Gasteiger partial charge in [-0.3, -0.25) is 4.79 Å². The monoisotopic (exact) mass is 816 g/mol. The van der Waals surface area contributed by atoms with E-state index in [2.05, 4.69) is 0 Å². The number of methoxy groups -OCH3 is 1. The predicted molar refractivity (Wildman–Crippen MR) is 214 cm³/mol. The number of nitrogens with zero attached hydrogens (tertiary/aromatic N) is 3. The van der Waals surface area contributed by atoms with Crippen LogP contribution in [0.4, 0.5) is 0 Å². The molecule has 4 rings (SSSR count).